The summed E-state index contributed by atoms with van der Waals surface area (Å²) in [5.41, 5.74) is 4.70. The van der Waals surface area contributed by atoms with Crippen molar-refractivity contribution in [2.24, 2.45) is 0 Å². The van der Waals surface area contributed by atoms with Gasteiger partial charge in [-0.25, -0.2) is 0 Å². The molecule has 0 fully saturated rings. The Morgan fingerprint density at radius 2 is 1.93 bits per heavy atom. The van der Waals surface area contributed by atoms with Crippen molar-refractivity contribution < 1.29 is 0 Å². The molecule has 0 saturated carbocycles. The van der Waals surface area contributed by atoms with E-state index in [9.17, 15) is 0 Å². The highest BCUT2D eigenvalue weighted by Crippen LogP contribution is 2.24. The first-order valence-corrected chi connectivity index (χ1v) is 6.12. The highest BCUT2D eigenvalue weighted by atomic mass is 14.2. The summed E-state index contributed by atoms with van der Waals surface area (Å²) in [6.45, 7) is 3.75. The highest BCUT2D eigenvalue weighted by molar-refractivity contribution is 5.38. The smallest absolute Gasteiger partial charge is 0.0235 e. The summed E-state index contributed by atoms with van der Waals surface area (Å²) in [5, 5.41) is 0. The largest absolute Gasteiger partial charge is 0.103 e. The van der Waals surface area contributed by atoms with Crippen LogP contribution in [0.3, 0.4) is 0 Å². The predicted octanol–water partition coefficient (Wildman–Crippen LogP) is 4.07. The second-order valence-corrected chi connectivity index (χ2v) is 4.49. The summed E-state index contributed by atoms with van der Waals surface area (Å²) >= 11 is 0. The second-order valence-electron chi connectivity index (χ2n) is 4.49. The Balaban J connectivity index is 1.74. The Hall–Kier alpha value is -1.04. The monoisotopic (exact) mass is 200 g/mol. The van der Waals surface area contributed by atoms with Gasteiger partial charge in [-0.1, -0.05) is 30.7 Å². The van der Waals surface area contributed by atoms with Crippen LogP contribution in [0.1, 0.15) is 42.4 Å². The van der Waals surface area contributed by atoms with Gasteiger partial charge in [0.05, 0.1) is 0 Å². The first-order valence-electron chi connectivity index (χ1n) is 6.12. The molecule has 0 radical (unpaired) electrons. The molecule has 80 valence electrons. The lowest BCUT2D eigenvalue weighted by Gasteiger charge is -2.19. The van der Waals surface area contributed by atoms with Crippen LogP contribution >= 0.6 is 0 Å². The van der Waals surface area contributed by atoms with E-state index in [1.165, 1.54) is 50.5 Å². The Labute approximate surface area is 93.0 Å². The minimum atomic E-state index is 1.17. The van der Waals surface area contributed by atoms with Crippen molar-refractivity contribution in [3.8, 4) is 0 Å². The van der Waals surface area contributed by atoms with Gasteiger partial charge in [-0.3, -0.25) is 0 Å². The van der Waals surface area contributed by atoms with Crippen LogP contribution in [0.15, 0.2) is 30.9 Å². The van der Waals surface area contributed by atoms with Gasteiger partial charge in [0.1, 0.15) is 0 Å². The Morgan fingerprint density at radius 3 is 2.60 bits per heavy atom. The van der Waals surface area contributed by atoms with Crippen LogP contribution < -0.4 is 0 Å². The third-order valence-corrected chi connectivity index (χ3v) is 3.31. The molecule has 1 aliphatic rings. The maximum atomic E-state index is 3.75. The Kier molecular flexibility index (Phi) is 3.60. The molecule has 0 aliphatic heterocycles. The zero-order valence-corrected chi connectivity index (χ0v) is 9.47. The topological polar surface area (TPSA) is 0 Å². The van der Waals surface area contributed by atoms with Gasteiger partial charge in [0.15, 0.2) is 0 Å². The summed E-state index contributed by atoms with van der Waals surface area (Å²) in [6, 6.07) is 7.04. The number of allylic oxidation sites excluding steroid dienone is 1. The lowest BCUT2D eigenvalue weighted by Crippen LogP contribution is -2.08. The van der Waals surface area contributed by atoms with Crippen LogP contribution in [0, 0.1) is 0 Å². The maximum Gasteiger partial charge on any atom is -0.0235 e. The van der Waals surface area contributed by atoms with E-state index in [1.54, 1.807) is 11.1 Å². The van der Waals surface area contributed by atoms with Crippen LogP contribution in [0.2, 0.25) is 0 Å². The molecular formula is C15H20. The van der Waals surface area contributed by atoms with Gasteiger partial charge in [0.25, 0.3) is 0 Å². The van der Waals surface area contributed by atoms with E-state index in [0.29, 0.717) is 0 Å². The van der Waals surface area contributed by atoms with Crippen molar-refractivity contribution in [1.82, 2.24) is 0 Å². The minimum Gasteiger partial charge on any atom is -0.103 e. The van der Waals surface area contributed by atoms with E-state index in [1.807, 2.05) is 6.08 Å². The third kappa shape index (κ3) is 2.71. The van der Waals surface area contributed by atoms with E-state index in [2.05, 4.69) is 24.8 Å². The lowest BCUT2D eigenvalue weighted by atomic mass is 9.86. The standard InChI is InChI=1S/C15H20/c1-2-3-4-5-6-7-13-8-9-14-10-11-15(14)12-13/h2,8-9,12H,1,3-7,10-11H2. The molecule has 0 saturated heterocycles. The fourth-order valence-corrected chi connectivity index (χ4v) is 2.20. The summed E-state index contributed by atoms with van der Waals surface area (Å²) in [4.78, 5) is 0. The van der Waals surface area contributed by atoms with Crippen LogP contribution in [0.4, 0.5) is 0 Å². The molecule has 15 heavy (non-hydrogen) atoms. The molecular weight excluding hydrogens is 180 g/mol. The number of unbranched alkanes of at least 4 members (excludes halogenated alkanes) is 3. The molecule has 0 atom stereocenters. The van der Waals surface area contributed by atoms with Crippen molar-refractivity contribution in [2.45, 2.75) is 44.9 Å². The molecule has 0 bridgehead atoms. The Morgan fingerprint density at radius 1 is 1.07 bits per heavy atom. The van der Waals surface area contributed by atoms with E-state index >= 15 is 0 Å². The van der Waals surface area contributed by atoms with Crippen LogP contribution in [-0.4, -0.2) is 0 Å². The van der Waals surface area contributed by atoms with Gasteiger partial charge in [-0.15, -0.1) is 6.58 Å². The molecule has 1 aromatic rings. The average molecular weight is 200 g/mol. The zero-order valence-electron chi connectivity index (χ0n) is 9.47. The summed E-state index contributed by atoms with van der Waals surface area (Å²) < 4.78 is 0. The molecule has 0 spiro atoms. The summed E-state index contributed by atoms with van der Waals surface area (Å²) in [5.74, 6) is 0. The van der Waals surface area contributed by atoms with E-state index in [4.69, 9.17) is 0 Å². The van der Waals surface area contributed by atoms with Gasteiger partial charge in [-0.2, -0.15) is 0 Å². The molecule has 0 heterocycles. The van der Waals surface area contributed by atoms with Crippen molar-refractivity contribution in [3.63, 3.8) is 0 Å². The molecule has 0 amide bonds. The number of hydrogen-bond donors (Lipinski definition) is 0. The van der Waals surface area contributed by atoms with Crippen molar-refractivity contribution >= 4 is 0 Å². The van der Waals surface area contributed by atoms with Crippen LogP contribution in [0.25, 0.3) is 0 Å². The SMILES string of the molecule is C=CCCCCCc1ccc2c(c1)CC2. The lowest BCUT2D eigenvalue weighted by molar-refractivity contribution is 0.685. The van der Waals surface area contributed by atoms with Gasteiger partial charge in [-0.05, 0) is 55.2 Å². The fraction of sp³-hybridized carbons (Fsp3) is 0.467. The number of benzene rings is 1. The fourth-order valence-electron chi connectivity index (χ4n) is 2.20. The molecule has 0 nitrogen and oxygen atoms in total. The molecule has 1 aromatic carbocycles. The van der Waals surface area contributed by atoms with E-state index in [0.717, 1.165) is 0 Å². The maximum absolute atomic E-state index is 3.75. The molecule has 1 aliphatic carbocycles. The third-order valence-electron chi connectivity index (χ3n) is 3.31. The normalized spacial score (nSPS) is 13.1. The number of aryl methyl sites for hydroxylation is 3. The van der Waals surface area contributed by atoms with Gasteiger partial charge >= 0.3 is 0 Å². The first-order chi connectivity index (χ1) is 7.40. The highest BCUT2D eigenvalue weighted by Gasteiger charge is 2.12. The summed E-state index contributed by atoms with van der Waals surface area (Å²) in [6.07, 6.45) is 11.0. The predicted molar refractivity (Wildman–Crippen MR) is 66.2 cm³/mol. The Bertz CT molecular complexity index is 336. The number of fused-ring (bicyclic) bond motifs is 1. The molecule has 2 rings (SSSR count). The van der Waals surface area contributed by atoms with Gasteiger partial charge in [0.2, 0.25) is 0 Å². The number of hydrogen-bond acceptors (Lipinski definition) is 0. The minimum absolute atomic E-state index is 1.17. The van der Waals surface area contributed by atoms with E-state index < -0.39 is 0 Å². The van der Waals surface area contributed by atoms with Crippen LogP contribution in [-0.2, 0) is 19.3 Å². The van der Waals surface area contributed by atoms with E-state index in [-0.39, 0.29) is 0 Å². The molecule has 0 unspecified atom stereocenters. The molecule has 0 heteroatoms. The van der Waals surface area contributed by atoms with Gasteiger partial charge < -0.3 is 0 Å². The quantitative estimate of drug-likeness (QED) is 0.479. The average Bonchev–Trinajstić information content (AvgIpc) is 2.21. The van der Waals surface area contributed by atoms with Crippen molar-refractivity contribution in [3.05, 3.63) is 47.5 Å². The molecule has 0 N–H and O–H groups in total. The summed E-state index contributed by atoms with van der Waals surface area (Å²) in [7, 11) is 0. The zero-order chi connectivity index (χ0) is 10.5. The first kappa shape index (κ1) is 10.5. The van der Waals surface area contributed by atoms with Crippen molar-refractivity contribution in [2.75, 3.05) is 0 Å². The second kappa shape index (κ2) is 5.16. The van der Waals surface area contributed by atoms with Gasteiger partial charge in [0, 0.05) is 0 Å². The number of rotatable bonds is 6. The van der Waals surface area contributed by atoms with Crippen molar-refractivity contribution in [1.29, 1.82) is 0 Å². The van der Waals surface area contributed by atoms with Crippen LogP contribution in [0.5, 0.6) is 0 Å². The molecule has 0 aromatic heterocycles.